The number of hydrogen-bond donors (Lipinski definition) is 6. The quantitative estimate of drug-likeness (QED) is 0.0508. The maximum atomic E-state index is 13.4. The van der Waals surface area contributed by atoms with Crippen molar-refractivity contribution in [1.82, 2.24) is 20.9 Å². The number of urea groups is 1. The summed E-state index contributed by atoms with van der Waals surface area (Å²) in [4.78, 5) is 86.5. The SMILES string of the molecule is CCC(=O)OCc1ccc(NC(=O)[C@H](CCCNC(N)=O)NC(=O)[C@@H](NC(=O)[C@@H](CCN2C(=O)C=CC2=O)S(=O)(=O)O)C(C)C)cc1. The summed E-state index contributed by atoms with van der Waals surface area (Å²) < 4.78 is 39.0. The molecular weight excluding hydrogens is 640 g/mol. The first-order valence-electron chi connectivity index (χ1n) is 14.7. The van der Waals surface area contributed by atoms with Gasteiger partial charge in [0.2, 0.25) is 17.7 Å². The molecule has 0 radical (unpaired) electrons. The lowest BCUT2D eigenvalue weighted by Gasteiger charge is -2.27. The van der Waals surface area contributed by atoms with Crippen LogP contribution in [-0.2, 0) is 50.2 Å². The third-order valence-corrected chi connectivity index (χ3v) is 8.09. The van der Waals surface area contributed by atoms with Gasteiger partial charge >= 0.3 is 12.0 Å². The number of nitrogens with zero attached hydrogens (tertiary/aromatic N) is 1. The van der Waals surface area contributed by atoms with Gasteiger partial charge in [0.1, 0.15) is 18.7 Å². The summed E-state index contributed by atoms with van der Waals surface area (Å²) in [6.45, 7) is 4.39. The van der Waals surface area contributed by atoms with Gasteiger partial charge in [-0.1, -0.05) is 32.9 Å². The van der Waals surface area contributed by atoms with Crippen LogP contribution in [0.25, 0.3) is 0 Å². The molecule has 7 amide bonds. The van der Waals surface area contributed by atoms with Crippen molar-refractivity contribution in [1.29, 1.82) is 0 Å². The molecule has 18 heteroatoms. The maximum Gasteiger partial charge on any atom is 0.312 e. The summed E-state index contributed by atoms with van der Waals surface area (Å²) in [6.07, 6.45) is 1.74. The molecule has 17 nitrogen and oxygen atoms in total. The van der Waals surface area contributed by atoms with Crippen LogP contribution in [0, 0.1) is 5.92 Å². The van der Waals surface area contributed by atoms with E-state index in [4.69, 9.17) is 10.5 Å². The van der Waals surface area contributed by atoms with E-state index < -0.39 is 81.9 Å². The predicted octanol–water partition coefficient (Wildman–Crippen LogP) is -0.276. The molecule has 47 heavy (non-hydrogen) atoms. The Morgan fingerprint density at radius 3 is 2.09 bits per heavy atom. The van der Waals surface area contributed by atoms with Crippen LogP contribution in [-0.4, -0.2) is 89.8 Å². The Bertz CT molecular complexity index is 1460. The molecule has 0 saturated heterocycles. The van der Waals surface area contributed by atoms with Gasteiger partial charge in [0.15, 0.2) is 5.25 Å². The minimum absolute atomic E-state index is 0.0151. The van der Waals surface area contributed by atoms with Crippen molar-refractivity contribution < 1.29 is 51.3 Å². The minimum Gasteiger partial charge on any atom is -0.461 e. The van der Waals surface area contributed by atoms with Crippen molar-refractivity contribution in [2.75, 3.05) is 18.4 Å². The molecule has 1 aliphatic rings. The van der Waals surface area contributed by atoms with Gasteiger partial charge in [-0.25, -0.2) is 4.79 Å². The summed E-state index contributed by atoms with van der Waals surface area (Å²) in [5, 5.41) is 7.75. The standard InChI is InChI=1S/C29H40N6O11S/c1-4-24(38)46-16-18-7-9-19(10-8-18)32-26(39)20(6-5-14-31-29(30)42)33-28(41)25(17(2)3)34-27(40)21(47(43,44)45)13-15-35-22(36)11-12-23(35)37/h7-12,17,20-21,25H,4-6,13-16H2,1-3H3,(H,32,39)(H,33,41)(H,34,40)(H3,30,31,42)(H,43,44,45)/t20-,21+,25-/m0/s1. The molecule has 0 aromatic heterocycles. The van der Waals surface area contributed by atoms with Crippen LogP contribution in [0.15, 0.2) is 36.4 Å². The Hall–Kier alpha value is -4.84. The first-order valence-corrected chi connectivity index (χ1v) is 16.2. The second-order valence-electron chi connectivity index (χ2n) is 10.9. The van der Waals surface area contributed by atoms with E-state index in [0.29, 0.717) is 16.2 Å². The number of esters is 1. The fourth-order valence-electron chi connectivity index (χ4n) is 4.32. The van der Waals surface area contributed by atoms with Crippen LogP contribution in [0.3, 0.4) is 0 Å². The molecule has 0 fully saturated rings. The van der Waals surface area contributed by atoms with Gasteiger partial charge in [0, 0.05) is 37.3 Å². The average molecular weight is 681 g/mol. The largest absolute Gasteiger partial charge is 0.461 e. The van der Waals surface area contributed by atoms with E-state index in [2.05, 4.69) is 21.3 Å². The van der Waals surface area contributed by atoms with E-state index in [1.807, 2.05) is 0 Å². The van der Waals surface area contributed by atoms with Gasteiger partial charge in [-0.15, -0.1) is 0 Å². The summed E-state index contributed by atoms with van der Waals surface area (Å²) in [6, 6.07) is 3.02. The molecule has 0 unspecified atom stereocenters. The Morgan fingerprint density at radius 1 is 0.936 bits per heavy atom. The first kappa shape index (κ1) is 38.3. The van der Waals surface area contributed by atoms with Crippen LogP contribution in [0.1, 0.15) is 52.0 Å². The van der Waals surface area contributed by atoms with E-state index in [0.717, 1.165) is 12.2 Å². The first-order chi connectivity index (χ1) is 22.0. The number of ether oxygens (including phenoxy) is 1. The van der Waals surface area contributed by atoms with Crippen molar-refractivity contribution in [3.8, 4) is 0 Å². The number of amides is 7. The zero-order valence-electron chi connectivity index (χ0n) is 26.2. The van der Waals surface area contributed by atoms with Crippen LogP contribution >= 0.6 is 0 Å². The summed E-state index contributed by atoms with van der Waals surface area (Å²) in [7, 11) is -5.04. The van der Waals surface area contributed by atoms with Crippen molar-refractivity contribution in [3.05, 3.63) is 42.0 Å². The maximum absolute atomic E-state index is 13.4. The third-order valence-electron chi connectivity index (χ3n) is 6.93. The van der Waals surface area contributed by atoms with Gasteiger partial charge in [0.05, 0.1) is 0 Å². The van der Waals surface area contributed by atoms with E-state index in [-0.39, 0.29) is 38.4 Å². The molecule has 258 valence electrons. The topological polar surface area (TPSA) is 260 Å². The number of carbonyl (C=O) groups is 7. The van der Waals surface area contributed by atoms with Crippen molar-refractivity contribution >= 4 is 57.3 Å². The number of nitrogens with one attached hydrogen (secondary N) is 4. The van der Waals surface area contributed by atoms with Crippen molar-refractivity contribution in [2.45, 2.75) is 70.4 Å². The number of primary amides is 1. The van der Waals surface area contributed by atoms with Gasteiger partial charge < -0.3 is 31.7 Å². The van der Waals surface area contributed by atoms with Crippen LogP contribution in [0.4, 0.5) is 10.5 Å². The lowest BCUT2D eigenvalue weighted by atomic mass is 10.0. The fourth-order valence-corrected chi connectivity index (χ4v) is 5.06. The highest BCUT2D eigenvalue weighted by Crippen LogP contribution is 2.15. The smallest absolute Gasteiger partial charge is 0.312 e. The number of imide groups is 1. The molecule has 0 bridgehead atoms. The second kappa shape index (κ2) is 17.7. The Kier molecular flexibility index (Phi) is 14.5. The van der Waals surface area contributed by atoms with Gasteiger partial charge in [0.25, 0.3) is 21.9 Å². The van der Waals surface area contributed by atoms with E-state index in [1.54, 1.807) is 45.0 Å². The van der Waals surface area contributed by atoms with E-state index in [9.17, 15) is 46.5 Å². The number of benzene rings is 1. The minimum atomic E-state index is -5.04. The summed E-state index contributed by atoms with van der Waals surface area (Å²) in [5.41, 5.74) is 6.11. The highest BCUT2D eigenvalue weighted by atomic mass is 32.2. The van der Waals surface area contributed by atoms with E-state index in [1.165, 1.54) is 0 Å². The normalized spacial score (nSPS) is 14.7. The van der Waals surface area contributed by atoms with Gasteiger partial charge in [-0.2, -0.15) is 8.42 Å². The Labute approximate surface area is 271 Å². The average Bonchev–Trinajstić information content (AvgIpc) is 3.32. The second-order valence-corrected chi connectivity index (χ2v) is 12.5. The van der Waals surface area contributed by atoms with Gasteiger partial charge in [-0.05, 0) is 42.9 Å². The molecule has 0 saturated carbocycles. The number of nitrogens with two attached hydrogens (primary N) is 1. The molecule has 0 spiro atoms. The van der Waals surface area contributed by atoms with Crippen molar-refractivity contribution in [3.63, 3.8) is 0 Å². The van der Waals surface area contributed by atoms with Crippen LogP contribution in [0.5, 0.6) is 0 Å². The number of anilines is 1. The molecule has 7 N–H and O–H groups in total. The molecule has 1 aromatic rings. The summed E-state index contributed by atoms with van der Waals surface area (Å²) >= 11 is 0. The molecule has 1 aliphatic heterocycles. The molecule has 3 atom stereocenters. The number of rotatable bonds is 18. The number of hydrogen-bond acceptors (Lipinski definition) is 10. The zero-order chi connectivity index (χ0) is 35.3. The molecule has 1 aromatic carbocycles. The highest BCUT2D eigenvalue weighted by Gasteiger charge is 2.37. The molecular formula is C29H40N6O11S. The lowest BCUT2D eigenvalue weighted by molar-refractivity contribution is -0.144. The molecule has 1 heterocycles. The van der Waals surface area contributed by atoms with Crippen LogP contribution < -0.4 is 27.0 Å². The highest BCUT2D eigenvalue weighted by molar-refractivity contribution is 7.87. The predicted molar refractivity (Wildman–Crippen MR) is 166 cm³/mol. The Balaban J connectivity index is 2.16. The fraction of sp³-hybridized carbons (Fsp3) is 0.483. The van der Waals surface area contributed by atoms with Gasteiger partial charge in [-0.3, -0.25) is 38.2 Å². The van der Waals surface area contributed by atoms with E-state index >= 15 is 0 Å². The molecule has 2 rings (SSSR count). The third kappa shape index (κ3) is 12.5. The number of carbonyl (C=O) groups excluding carboxylic acids is 7. The summed E-state index contributed by atoms with van der Waals surface area (Å²) in [5.74, 6) is -5.20. The zero-order valence-corrected chi connectivity index (χ0v) is 27.0. The Morgan fingerprint density at radius 2 is 1.55 bits per heavy atom. The van der Waals surface area contributed by atoms with Crippen LogP contribution in [0.2, 0.25) is 0 Å². The van der Waals surface area contributed by atoms with Crippen molar-refractivity contribution in [2.24, 2.45) is 11.7 Å². The monoisotopic (exact) mass is 680 g/mol. The lowest BCUT2D eigenvalue weighted by Crippen LogP contribution is -2.56. The molecule has 0 aliphatic carbocycles.